The summed E-state index contributed by atoms with van der Waals surface area (Å²) in [6, 6.07) is 10.7. The maximum Gasteiger partial charge on any atom is 0.271 e. The van der Waals surface area contributed by atoms with Crippen molar-refractivity contribution in [1.29, 1.82) is 0 Å². The molecular weight excluding hydrogens is 339 g/mol. The molecule has 0 aliphatic heterocycles. The standard InChI is InChI=1S/C15H12BrFN2O2/c1-21-14-7-4-12(16)8-11(14)9-18-19-15(20)10-2-5-13(17)6-3-10/h2-9H,1H3,(H,19,20). The Morgan fingerprint density at radius 2 is 2.00 bits per heavy atom. The Bertz CT molecular complexity index is 672. The molecule has 108 valence electrons. The number of hydrazone groups is 1. The first-order valence-electron chi connectivity index (χ1n) is 6.02. The lowest BCUT2D eigenvalue weighted by molar-refractivity contribution is 0.0955. The molecule has 2 rings (SSSR count). The van der Waals surface area contributed by atoms with Crippen LogP contribution < -0.4 is 10.2 Å². The molecule has 0 heterocycles. The topological polar surface area (TPSA) is 50.7 Å². The van der Waals surface area contributed by atoms with Crippen molar-refractivity contribution >= 4 is 28.1 Å². The lowest BCUT2D eigenvalue weighted by atomic mass is 10.2. The number of ether oxygens (including phenoxy) is 1. The average Bonchev–Trinajstić information content (AvgIpc) is 2.48. The fraction of sp³-hybridized carbons (Fsp3) is 0.0667. The third-order valence-electron chi connectivity index (χ3n) is 2.67. The Morgan fingerprint density at radius 1 is 1.29 bits per heavy atom. The van der Waals surface area contributed by atoms with Crippen LogP contribution in [0.3, 0.4) is 0 Å². The fourth-order valence-corrected chi connectivity index (χ4v) is 2.01. The van der Waals surface area contributed by atoms with Gasteiger partial charge >= 0.3 is 0 Å². The molecule has 0 atom stereocenters. The van der Waals surface area contributed by atoms with E-state index < -0.39 is 11.7 Å². The molecule has 0 bridgehead atoms. The summed E-state index contributed by atoms with van der Waals surface area (Å²) in [7, 11) is 1.55. The molecule has 0 unspecified atom stereocenters. The number of nitrogens with zero attached hydrogens (tertiary/aromatic N) is 1. The van der Waals surface area contributed by atoms with Crippen molar-refractivity contribution in [3.63, 3.8) is 0 Å². The SMILES string of the molecule is COc1ccc(Br)cc1C=NNC(=O)c1ccc(F)cc1. The molecule has 0 saturated carbocycles. The number of methoxy groups -OCH3 is 1. The maximum atomic E-state index is 12.8. The van der Waals surface area contributed by atoms with Crippen molar-refractivity contribution in [3.8, 4) is 5.75 Å². The molecule has 1 amide bonds. The molecule has 0 aliphatic carbocycles. The molecule has 4 nitrogen and oxygen atoms in total. The van der Waals surface area contributed by atoms with Crippen molar-refractivity contribution in [2.75, 3.05) is 7.11 Å². The fourth-order valence-electron chi connectivity index (χ4n) is 1.63. The zero-order valence-electron chi connectivity index (χ0n) is 11.1. The van der Waals surface area contributed by atoms with E-state index in [1.807, 2.05) is 12.1 Å². The van der Waals surface area contributed by atoms with Gasteiger partial charge in [0.2, 0.25) is 0 Å². The highest BCUT2D eigenvalue weighted by Crippen LogP contribution is 2.21. The van der Waals surface area contributed by atoms with Crippen molar-refractivity contribution in [3.05, 3.63) is 63.9 Å². The van der Waals surface area contributed by atoms with Crippen LogP contribution in [0.2, 0.25) is 0 Å². The summed E-state index contributed by atoms with van der Waals surface area (Å²) >= 11 is 3.35. The van der Waals surface area contributed by atoms with E-state index in [4.69, 9.17) is 4.74 Å². The lowest BCUT2D eigenvalue weighted by Gasteiger charge is -2.04. The van der Waals surface area contributed by atoms with Crippen molar-refractivity contribution < 1.29 is 13.9 Å². The molecule has 0 saturated heterocycles. The Balaban J connectivity index is 2.07. The number of hydrogen-bond acceptors (Lipinski definition) is 3. The molecule has 0 aromatic heterocycles. The van der Waals surface area contributed by atoms with Gasteiger partial charge in [-0.05, 0) is 42.5 Å². The van der Waals surface area contributed by atoms with Crippen LogP contribution in [-0.2, 0) is 0 Å². The van der Waals surface area contributed by atoms with Crippen molar-refractivity contribution in [2.24, 2.45) is 5.10 Å². The number of hydrogen-bond donors (Lipinski definition) is 1. The van der Waals surface area contributed by atoms with Crippen LogP contribution >= 0.6 is 15.9 Å². The van der Waals surface area contributed by atoms with Crippen LogP contribution in [-0.4, -0.2) is 19.2 Å². The normalized spacial score (nSPS) is 10.6. The summed E-state index contributed by atoms with van der Waals surface area (Å²) in [5.74, 6) is -0.174. The van der Waals surface area contributed by atoms with Gasteiger partial charge in [-0.25, -0.2) is 9.82 Å². The second-order valence-corrected chi connectivity index (χ2v) is 5.01. The van der Waals surface area contributed by atoms with Gasteiger partial charge in [-0.15, -0.1) is 0 Å². The minimum atomic E-state index is -0.416. The zero-order valence-corrected chi connectivity index (χ0v) is 12.7. The minimum Gasteiger partial charge on any atom is -0.496 e. The van der Waals surface area contributed by atoms with E-state index in [2.05, 4.69) is 26.5 Å². The van der Waals surface area contributed by atoms with Crippen molar-refractivity contribution in [2.45, 2.75) is 0 Å². The van der Waals surface area contributed by atoms with Gasteiger partial charge in [-0.3, -0.25) is 4.79 Å². The number of carbonyl (C=O) groups excluding carboxylic acids is 1. The molecule has 0 fully saturated rings. The molecule has 6 heteroatoms. The Kier molecular flexibility index (Phi) is 5.05. The Labute approximate surface area is 129 Å². The van der Waals surface area contributed by atoms with E-state index in [1.165, 1.54) is 30.5 Å². The van der Waals surface area contributed by atoms with E-state index in [9.17, 15) is 9.18 Å². The number of halogens is 2. The third kappa shape index (κ3) is 4.13. The summed E-state index contributed by atoms with van der Waals surface area (Å²) < 4.78 is 18.8. The smallest absolute Gasteiger partial charge is 0.271 e. The predicted molar refractivity (Wildman–Crippen MR) is 82.2 cm³/mol. The molecule has 0 aliphatic rings. The van der Waals surface area contributed by atoms with E-state index in [0.29, 0.717) is 16.9 Å². The second kappa shape index (κ2) is 6.99. The van der Waals surface area contributed by atoms with E-state index in [-0.39, 0.29) is 0 Å². The summed E-state index contributed by atoms with van der Waals surface area (Å²) in [6.45, 7) is 0. The number of carbonyl (C=O) groups is 1. The van der Waals surface area contributed by atoms with Crippen LogP contribution in [0.5, 0.6) is 5.75 Å². The first-order chi connectivity index (χ1) is 10.1. The zero-order chi connectivity index (χ0) is 15.2. The van der Waals surface area contributed by atoms with E-state index in [0.717, 1.165) is 4.47 Å². The van der Waals surface area contributed by atoms with Gasteiger partial charge in [-0.2, -0.15) is 5.10 Å². The first-order valence-corrected chi connectivity index (χ1v) is 6.82. The van der Waals surface area contributed by atoms with Gasteiger partial charge in [0.15, 0.2) is 0 Å². The highest BCUT2D eigenvalue weighted by atomic mass is 79.9. The largest absolute Gasteiger partial charge is 0.496 e. The van der Waals surface area contributed by atoms with Gasteiger partial charge in [0.25, 0.3) is 5.91 Å². The molecule has 2 aromatic rings. The minimum absolute atomic E-state index is 0.328. The van der Waals surface area contributed by atoms with Gasteiger partial charge < -0.3 is 4.74 Å². The molecule has 1 N–H and O–H groups in total. The van der Waals surface area contributed by atoms with Crippen molar-refractivity contribution in [1.82, 2.24) is 5.43 Å². The summed E-state index contributed by atoms with van der Waals surface area (Å²) in [6.07, 6.45) is 1.48. The Morgan fingerprint density at radius 3 is 2.67 bits per heavy atom. The monoisotopic (exact) mass is 350 g/mol. The van der Waals surface area contributed by atoms with Crippen LogP contribution in [0, 0.1) is 5.82 Å². The van der Waals surface area contributed by atoms with Crippen LogP contribution in [0.25, 0.3) is 0 Å². The summed E-state index contributed by atoms with van der Waals surface area (Å²) in [5, 5.41) is 3.87. The van der Waals surface area contributed by atoms with E-state index in [1.54, 1.807) is 13.2 Å². The maximum absolute atomic E-state index is 12.8. The van der Waals surface area contributed by atoms with Crippen LogP contribution in [0.15, 0.2) is 52.0 Å². The molecule has 0 radical (unpaired) electrons. The summed E-state index contributed by atoms with van der Waals surface area (Å²) in [5.41, 5.74) is 3.42. The quantitative estimate of drug-likeness (QED) is 0.678. The molecule has 2 aromatic carbocycles. The van der Waals surface area contributed by atoms with Gasteiger partial charge in [-0.1, -0.05) is 15.9 Å². The number of rotatable bonds is 4. The van der Waals surface area contributed by atoms with E-state index >= 15 is 0 Å². The van der Waals surface area contributed by atoms with Gasteiger partial charge in [0.05, 0.1) is 13.3 Å². The number of amides is 1. The van der Waals surface area contributed by atoms with Gasteiger partial charge in [0, 0.05) is 15.6 Å². The molecule has 0 spiro atoms. The number of nitrogens with one attached hydrogen (secondary N) is 1. The summed E-state index contributed by atoms with van der Waals surface area (Å²) in [4.78, 5) is 11.8. The highest BCUT2D eigenvalue weighted by molar-refractivity contribution is 9.10. The van der Waals surface area contributed by atoms with Crippen LogP contribution in [0.4, 0.5) is 4.39 Å². The Hall–Kier alpha value is -2.21. The molecule has 21 heavy (non-hydrogen) atoms. The molecular formula is C15H12BrFN2O2. The lowest BCUT2D eigenvalue weighted by Crippen LogP contribution is -2.17. The third-order valence-corrected chi connectivity index (χ3v) is 3.16. The highest BCUT2D eigenvalue weighted by Gasteiger charge is 2.04. The second-order valence-electron chi connectivity index (χ2n) is 4.09. The van der Waals surface area contributed by atoms with Crippen LogP contribution in [0.1, 0.15) is 15.9 Å². The average molecular weight is 351 g/mol. The van der Waals surface area contributed by atoms with Gasteiger partial charge in [0.1, 0.15) is 11.6 Å². The number of benzene rings is 2. The predicted octanol–water partition coefficient (Wildman–Crippen LogP) is 3.36. The first kappa shape index (κ1) is 15.2.